The molecule has 2 aromatic rings. The maximum atomic E-state index is 10.4. The molecule has 9 nitrogen and oxygen atoms in total. The molecule has 0 saturated carbocycles. The summed E-state index contributed by atoms with van der Waals surface area (Å²) in [5, 5.41) is 33.0. The summed E-state index contributed by atoms with van der Waals surface area (Å²) in [6.45, 7) is 5.69. The number of unbranched alkanes of at least 4 members (excludes halogenated alkanes) is 2. The molecule has 4 N–H and O–H groups in total. The van der Waals surface area contributed by atoms with Crippen LogP contribution in [0.15, 0.2) is 6.33 Å². The molecule has 0 aromatic carbocycles. The Morgan fingerprint density at radius 1 is 1.29 bits per heavy atom. The van der Waals surface area contributed by atoms with Gasteiger partial charge in [0.25, 0.3) is 0 Å². The van der Waals surface area contributed by atoms with Crippen molar-refractivity contribution >= 4 is 17.0 Å². The number of aliphatic hydroxyl groups is 3. The Bertz CT molecular complexity index is 872. The summed E-state index contributed by atoms with van der Waals surface area (Å²) in [7, 11) is 0. The largest absolute Gasteiger partial charge is 0.394 e. The summed E-state index contributed by atoms with van der Waals surface area (Å²) in [6.07, 6.45) is 0.111. The standard InChI is InChI=1S/C19H27N5O4/c1-4-5-6-7-8-13-22-17(21-11(2)3)14-18(23-13)24(10-20-14)19-16(27)15(26)12(9-25)28-19/h10-12,15-16,19,25-27H,4-6,9H2,1-3H3,(H,21,22,23)/t12-,15-,16-,19-/m1/s1. The summed E-state index contributed by atoms with van der Waals surface area (Å²) >= 11 is 0. The first-order valence-electron chi connectivity index (χ1n) is 9.58. The first kappa shape index (κ1) is 20.5. The van der Waals surface area contributed by atoms with Gasteiger partial charge in [0.15, 0.2) is 23.2 Å². The van der Waals surface area contributed by atoms with Crippen molar-refractivity contribution < 1.29 is 20.1 Å². The van der Waals surface area contributed by atoms with Gasteiger partial charge in [-0.1, -0.05) is 19.3 Å². The fraction of sp³-hybridized carbons (Fsp3) is 0.632. The second-order valence-electron chi connectivity index (χ2n) is 7.15. The van der Waals surface area contributed by atoms with Gasteiger partial charge in [0.1, 0.15) is 18.3 Å². The molecular formula is C19H27N5O4. The fourth-order valence-corrected chi connectivity index (χ4v) is 3.05. The Hall–Kier alpha value is -2.25. The van der Waals surface area contributed by atoms with E-state index in [-0.39, 0.29) is 6.04 Å². The average Bonchev–Trinajstić information content (AvgIpc) is 3.20. The van der Waals surface area contributed by atoms with E-state index in [0.717, 1.165) is 19.3 Å². The number of hydrogen-bond acceptors (Lipinski definition) is 8. The Kier molecular flexibility index (Phi) is 6.46. The van der Waals surface area contributed by atoms with Crippen molar-refractivity contribution in [3.63, 3.8) is 0 Å². The monoisotopic (exact) mass is 389 g/mol. The third-order valence-corrected chi connectivity index (χ3v) is 4.49. The van der Waals surface area contributed by atoms with Crippen molar-refractivity contribution in [2.24, 2.45) is 0 Å². The highest BCUT2D eigenvalue weighted by Crippen LogP contribution is 2.32. The number of imidazole rings is 1. The van der Waals surface area contributed by atoms with E-state index in [9.17, 15) is 15.3 Å². The van der Waals surface area contributed by atoms with Crippen LogP contribution in [-0.2, 0) is 4.74 Å². The molecule has 0 unspecified atom stereocenters. The Morgan fingerprint density at radius 3 is 2.71 bits per heavy atom. The molecule has 0 amide bonds. The summed E-state index contributed by atoms with van der Waals surface area (Å²) in [6, 6.07) is 0.123. The molecule has 9 heteroatoms. The normalized spacial score (nSPS) is 24.5. The minimum absolute atomic E-state index is 0.123. The highest BCUT2D eigenvalue weighted by atomic mass is 16.6. The zero-order chi connectivity index (χ0) is 20.3. The first-order chi connectivity index (χ1) is 13.5. The van der Waals surface area contributed by atoms with Gasteiger partial charge in [-0.3, -0.25) is 4.57 Å². The van der Waals surface area contributed by atoms with E-state index in [1.807, 2.05) is 13.8 Å². The minimum Gasteiger partial charge on any atom is -0.394 e. The van der Waals surface area contributed by atoms with Crippen molar-refractivity contribution in [1.82, 2.24) is 19.5 Å². The third-order valence-electron chi connectivity index (χ3n) is 4.49. The highest BCUT2D eigenvalue weighted by Gasteiger charge is 2.44. The number of hydrogen-bond donors (Lipinski definition) is 4. The molecule has 2 aromatic heterocycles. The lowest BCUT2D eigenvalue weighted by atomic mass is 10.1. The molecule has 1 saturated heterocycles. The number of nitrogens with zero attached hydrogens (tertiary/aromatic N) is 4. The number of aromatic nitrogens is 4. The first-order valence-corrected chi connectivity index (χ1v) is 9.58. The van der Waals surface area contributed by atoms with Gasteiger partial charge in [0, 0.05) is 12.5 Å². The maximum Gasteiger partial charge on any atom is 0.208 e. The molecule has 1 aliphatic rings. The van der Waals surface area contributed by atoms with Crippen LogP contribution in [0, 0.1) is 11.8 Å². The lowest BCUT2D eigenvalue weighted by Crippen LogP contribution is -2.33. The zero-order valence-electron chi connectivity index (χ0n) is 16.3. The molecular weight excluding hydrogens is 362 g/mol. The van der Waals surface area contributed by atoms with E-state index in [4.69, 9.17) is 4.74 Å². The van der Waals surface area contributed by atoms with E-state index in [2.05, 4.69) is 39.0 Å². The number of rotatable bonds is 6. The van der Waals surface area contributed by atoms with Crippen LogP contribution in [-0.4, -0.2) is 65.8 Å². The molecule has 0 radical (unpaired) electrons. The summed E-state index contributed by atoms with van der Waals surface area (Å²) in [5.74, 6) is 6.96. The van der Waals surface area contributed by atoms with Crippen LogP contribution in [0.3, 0.4) is 0 Å². The second kappa shape index (κ2) is 8.84. The summed E-state index contributed by atoms with van der Waals surface area (Å²) in [5.41, 5.74) is 0.957. The number of fused-ring (bicyclic) bond motifs is 1. The van der Waals surface area contributed by atoms with Gasteiger partial charge in [-0.05, 0) is 26.2 Å². The molecule has 0 aliphatic carbocycles. The molecule has 4 atom stereocenters. The van der Waals surface area contributed by atoms with E-state index >= 15 is 0 Å². The van der Waals surface area contributed by atoms with Crippen molar-refractivity contribution in [2.45, 2.75) is 70.6 Å². The maximum absolute atomic E-state index is 10.4. The van der Waals surface area contributed by atoms with E-state index in [1.54, 1.807) is 4.57 Å². The zero-order valence-corrected chi connectivity index (χ0v) is 16.3. The van der Waals surface area contributed by atoms with Gasteiger partial charge in [-0.2, -0.15) is 0 Å². The van der Waals surface area contributed by atoms with Crippen molar-refractivity contribution in [3.05, 3.63) is 12.2 Å². The van der Waals surface area contributed by atoms with Crippen LogP contribution in [0.25, 0.3) is 11.2 Å². The average molecular weight is 389 g/mol. The predicted molar refractivity (Wildman–Crippen MR) is 103 cm³/mol. The molecule has 28 heavy (non-hydrogen) atoms. The number of aliphatic hydroxyl groups excluding tert-OH is 3. The molecule has 0 spiro atoms. The second-order valence-corrected chi connectivity index (χ2v) is 7.15. The Labute approximate surface area is 163 Å². The molecule has 3 rings (SSSR count). The highest BCUT2D eigenvalue weighted by molar-refractivity contribution is 5.83. The lowest BCUT2D eigenvalue weighted by Gasteiger charge is -2.17. The number of anilines is 1. The SMILES string of the molecule is CCCCC#Cc1nc(NC(C)C)c2ncn([C@@H]3O[C@H](CO)[C@@H](O)[C@H]3O)c2n1. The van der Waals surface area contributed by atoms with E-state index < -0.39 is 31.1 Å². The van der Waals surface area contributed by atoms with Gasteiger partial charge < -0.3 is 25.4 Å². The van der Waals surface area contributed by atoms with E-state index in [0.29, 0.717) is 22.8 Å². The third kappa shape index (κ3) is 4.10. The topological polar surface area (TPSA) is 126 Å². The summed E-state index contributed by atoms with van der Waals surface area (Å²) < 4.78 is 7.16. The van der Waals surface area contributed by atoms with Crippen LogP contribution in [0.2, 0.25) is 0 Å². The van der Waals surface area contributed by atoms with Crippen LogP contribution in [0.1, 0.15) is 52.1 Å². The Morgan fingerprint density at radius 2 is 2.07 bits per heavy atom. The van der Waals surface area contributed by atoms with Gasteiger partial charge in [-0.25, -0.2) is 15.0 Å². The van der Waals surface area contributed by atoms with Gasteiger partial charge in [0.05, 0.1) is 12.9 Å². The quantitative estimate of drug-likeness (QED) is 0.422. The molecule has 0 bridgehead atoms. The van der Waals surface area contributed by atoms with Gasteiger partial charge >= 0.3 is 0 Å². The van der Waals surface area contributed by atoms with Crippen LogP contribution >= 0.6 is 0 Å². The van der Waals surface area contributed by atoms with Gasteiger partial charge in [0.2, 0.25) is 5.82 Å². The predicted octanol–water partition coefficient (Wildman–Crippen LogP) is 0.800. The van der Waals surface area contributed by atoms with Crippen molar-refractivity contribution in [2.75, 3.05) is 11.9 Å². The lowest BCUT2D eigenvalue weighted by molar-refractivity contribution is -0.0511. The Balaban J connectivity index is 2.03. The molecule has 1 aliphatic heterocycles. The van der Waals surface area contributed by atoms with Crippen LogP contribution in [0.4, 0.5) is 5.82 Å². The van der Waals surface area contributed by atoms with Crippen molar-refractivity contribution in [3.8, 4) is 11.8 Å². The molecule has 152 valence electrons. The smallest absolute Gasteiger partial charge is 0.208 e. The minimum atomic E-state index is -1.22. The molecule has 1 fully saturated rings. The number of nitrogens with one attached hydrogen (secondary N) is 1. The molecule has 3 heterocycles. The van der Waals surface area contributed by atoms with Crippen molar-refractivity contribution in [1.29, 1.82) is 0 Å². The van der Waals surface area contributed by atoms with Crippen LogP contribution < -0.4 is 5.32 Å². The van der Waals surface area contributed by atoms with Gasteiger partial charge in [-0.15, -0.1) is 0 Å². The summed E-state index contributed by atoms with van der Waals surface area (Å²) in [4.78, 5) is 13.3. The number of ether oxygens (including phenoxy) is 1. The van der Waals surface area contributed by atoms with Crippen LogP contribution in [0.5, 0.6) is 0 Å². The van der Waals surface area contributed by atoms with E-state index in [1.165, 1.54) is 6.33 Å². The fourth-order valence-electron chi connectivity index (χ4n) is 3.05.